The fraction of sp³-hybridized carbons (Fsp3) is 0.222. The Kier molecular flexibility index (Phi) is 5.57. The Labute approximate surface area is 164 Å². The number of ether oxygens (including phenoxy) is 2. The first-order chi connectivity index (χ1) is 12.9. The number of anilines is 1. The Morgan fingerprint density at radius 3 is 2.56 bits per heavy atom. The predicted octanol–water partition coefficient (Wildman–Crippen LogP) is 3.77. The highest BCUT2D eigenvalue weighted by atomic mass is 35.5. The minimum absolute atomic E-state index is 0.167. The molecule has 0 radical (unpaired) electrons. The maximum Gasteiger partial charge on any atom is 0.350 e. The number of amides is 1. The van der Waals surface area contributed by atoms with Crippen LogP contribution in [-0.4, -0.2) is 35.6 Å². The van der Waals surface area contributed by atoms with Crippen LogP contribution in [0.3, 0.4) is 0 Å². The fourth-order valence-corrected chi connectivity index (χ4v) is 3.87. The van der Waals surface area contributed by atoms with Crippen molar-refractivity contribution in [3.63, 3.8) is 0 Å². The number of aromatic nitrogens is 2. The lowest BCUT2D eigenvalue weighted by Gasteiger charge is -2.06. The standard InChI is InChI=1S/C18H16ClN3O4S/c1-9-6-10(2)21-18(20-9)22-14(23)8-26-17(24)16-15(19)12-5-4-11(25-3)7-13(12)27-16/h4-7H,8H2,1-3H3,(H,20,21,22,23). The van der Waals surface area contributed by atoms with Crippen molar-refractivity contribution in [3.05, 3.63) is 45.6 Å². The lowest BCUT2D eigenvalue weighted by atomic mass is 10.2. The molecule has 9 heteroatoms. The minimum atomic E-state index is -0.670. The number of hydrogen-bond acceptors (Lipinski definition) is 7. The summed E-state index contributed by atoms with van der Waals surface area (Å²) in [5.74, 6) is -0.377. The first-order valence-electron chi connectivity index (χ1n) is 7.92. The van der Waals surface area contributed by atoms with E-state index in [1.807, 2.05) is 0 Å². The van der Waals surface area contributed by atoms with Gasteiger partial charge in [0.15, 0.2) is 6.61 Å². The van der Waals surface area contributed by atoms with Crippen LogP contribution in [0.1, 0.15) is 21.1 Å². The SMILES string of the molecule is COc1ccc2c(Cl)c(C(=O)OCC(=O)Nc3nc(C)cc(C)n3)sc2c1. The molecule has 0 bridgehead atoms. The van der Waals surface area contributed by atoms with Crippen molar-refractivity contribution in [1.29, 1.82) is 0 Å². The lowest BCUT2D eigenvalue weighted by molar-refractivity contribution is -0.119. The highest BCUT2D eigenvalue weighted by Gasteiger charge is 2.20. The minimum Gasteiger partial charge on any atom is -0.497 e. The van der Waals surface area contributed by atoms with Crippen molar-refractivity contribution in [2.75, 3.05) is 19.0 Å². The van der Waals surface area contributed by atoms with E-state index in [1.54, 1.807) is 45.2 Å². The van der Waals surface area contributed by atoms with Gasteiger partial charge in [0.05, 0.1) is 12.1 Å². The number of aryl methyl sites for hydroxylation is 2. The summed E-state index contributed by atoms with van der Waals surface area (Å²) in [7, 11) is 1.56. The number of benzene rings is 1. The van der Waals surface area contributed by atoms with Gasteiger partial charge in [0.25, 0.3) is 5.91 Å². The normalized spacial score (nSPS) is 10.7. The summed E-state index contributed by atoms with van der Waals surface area (Å²) < 4.78 is 11.0. The first kappa shape index (κ1) is 19.1. The summed E-state index contributed by atoms with van der Waals surface area (Å²) in [5.41, 5.74) is 1.45. The molecule has 0 atom stereocenters. The number of thiophene rings is 1. The van der Waals surface area contributed by atoms with Crippen molar-refractivity contribution < 1.29 is 19.1 Å². The van der Waals surface area contributed by atoms with E-state index in [4.69, 9.17) is 21.1 Å². The van der Waals surface area contributed by atoms with Gasteiger partial charge in [-0.05, 0) is 38.1 Å². The van der Waals surface area contributed by atoms with E-state index in [-0.39, 0.29) is 10.8 Å². The van der Waals surface area contributed by atoms with Crippen molar-refractivity contribution in [2.24, 2.45) is 0 Å². The Morgan fingerprint density at radius 1 is 1.19 bits per heavy atom. The summed E-state index contributed by atoms with van der Waals surface area (Å²) in [4.78, 5) is 32.8. The molecule has 0 fully saturated rings. The van der Waals surface area contributed by atoms with Crippen LogP contribution >= 0.6 is 22.9 Å². The molecule has 0 saturated carbocycles. The summed E-state index contributed by atoms with van der Waals surface area (Å²) in [6.45, 7) is 3.12. The molecule has 1 aromatic carbocycles. The second-order valence-corrected chi connectivity index (χ2v) is 7.14. The number of esters is 1. The second kappa shape index (κ2) is 7.89. The molecule has 3 aromatic rings. The van der Waals surface area contributed by atoms with Crippen LogP contribution in [-0.2, 0) is 9.53 Å². The zero-order chi connectivity index (χ0) is 19.6. The Hall–Kier alpha value is -2.71. The van der Waals surface area contributed by atoms with Gasteiger partial charge in [-0.1, -0.05) is 11.6 Å². The van der Waals surface area contributed by atoms with Crippen molar-refractivity contribution in [2.45, 2.75) is 13.8 Å². The number of fused-ring (bicyclic) bond motifs is 1. The Balaban J connectivity index is 1.67. The number of nitrogens with one attached hydrogen (secondary N) is 1. The molecule has 7 nitrogen and oxygen atoms in total. The van der Waals surface area contributed by atoms with E-state index in [2.05, 4.69) is 15.3 Å². The molecule has 0 aliphatic heterocycles. The number of hydrogen-bond donors (Lipinski definition) is 1. The van der Waals surface area contributed by atoms with Crippen molar-refractivity contribution >= 4 is 50.8 Å². The van der Waals surface area contributed by atoms with Crippen LogP contribution in [0.4, 0.5) is 5.95 Å². The van der Waals surface area contributed by atoms with Gasteiger partial charge in [-0.2, -0.15) is 0 Å². The topological polar surface area (TPSA) is 90.4 Å². The summed E-state index contributed by atoms with van der Waals surface area (Å²) in [6, 6.07) is 7.10. The number of carbonyl (C=O) groups excluding carboxylic acids is 2. The molecular weight excluding hydrogens is 390 g/mol. The maximum absolute atomic E-state index is 12.3. The zero-order valence-electron chi connectivity index (χ0n) is 14.8. The quantitative estimate of drug-likeness (QED) is 0.650. The zero-order valence-corrected chi connectivity index (χ0v) is 16.4. The Bertz CT molecular complexity index is 1010. The van der Waals surface area contributed by atoms with Crippen molar-refractivity contribution in [1.82, 2.24) is 9.97 Å². The van der Waals surface area contributed by atoms with Crippen LogP contribution in [0.25, 0.3) is 10.1 Å². The number of methoxy groups -OCH3 is 1. The predicted molar refractivity (Wildman–Crippen MR) is 104 cm³/mol. The molecule has 1 amide bonds. The van der Waals surface area contributed by atoms with E-state index in [0.29, 0.717) is 10.8 Å². The molecular formula is C18H16ClN3O4S. The average Bonchev–Trinajstić information content (AvgIpc) is 2.95. The molecule has 1 N–H and O–H groups in total. The number of rotatable bonds is 5. The smallest absolute Gasteiger partial charge is 0.350 e. The summed E-state index contributed by atoms with van der Waals surface area (Å²) in [6.07, 6.45) is 0. The highest BCUT2D eigenvalue weighted by molar-refractivity contribution is 7.21. The molecule has 2 aromatic heterocycles. The van der Waals surface area contributed by atoms with Gasteiger partial charge >= 0.3 is 5.97 Å². The van der Waals surface area contributed by atoms with E-state index >= 15 is 0 Å². The van der Waals surface area contributed by atoms with Gasteiger partial charge in [-0.15, -0.1) is 11.3 Å². The van der Waals surface area contributed by atoms with Crippen LogP contribution in [0.5, 0.6) is 5.75 Å². The van der Waals surface area contributed by atoms with Gasteiger partial charge in [-0.25, -0.2) is 14.8 Å². The van der Waals surface area contributed by atoms with E-state index in [9.17, 15) is 9.59 Å². The van der Waals surface area contributed by atoms with Gasteiger partial charge in [0.1, 0.15) is 10.6 Å². The van der Waals surface area contributed by atoms with Gasteiger partial charge < -0.3 is 9.47 Å². The molecule has 140 valence electrons. The fourth-order valence-electron chi connectivity index (χ4n) is 2.44. The largest absolute Gasteiger partial charge is 0.497 e. The van der Waals surface area contributed by atoms with Crippen LogP contribution in [0.2, 0.25) is 5.02 Å². The molecule has 27 heavy (non-hydrogen) atoms. The van der Waals surface area contributed by atoms with E-state index < -0.39 is 18.5 Å². The summed E-state index contributed by atoms with van der Waals surface area (Å²) >= 11 is 7.45. The van der Waals surface area contributed by atoms with Gasteiger partial charge in [0.2, 0.25) is 5.95 Å². The molecule has 0 unspecified atom stereocenters. The summed E-state index contributed by atoms with van der Waals surface area (Å²) in [5, 5.41) is 3.52. The third-order valence-electron chi connectivity index (χ3n) is 3.59. The molecule has 0 saturated heterocycles. The van der Waals surface area contributed by atoms with E-state index in [0.717, 1.165) is 21.5 Å². The molecule has 2 heterocycles. The third-order valence-corrected chi connectivity index (χ3v) is 5.23. The van der Waals surface area contributed by atoms with Crippen LogP contribution in [0.15, 0.2) is 24.3 Å². The van der Waals surface area contributed by atoms with E-state index in [1.165, 1.54) is 11.3 Å². The van der Waals surface area contributed by atoms with Gasteiger partial charge in [0, 0.05) is 21.5 Å². The number of carbonyl (C=O) groups is 2. The van der Waals surface area contributed by atoms with Crippen molar-refractivity contribution in [3.8, 4) is 5.75 Å². The highest BCUT2D eigenvalue weighted by Crippen LogP contribution is 2.37. The Morgan fingerprint density at radius 2 is 1.89 bits per heavy atom. The molecule has 3 rings (SSSR count). The van der Waals surface area contributed by atoms with Crippen LogP contribution < -0.4 is 10.1 Å². The maximum atomic E-state index is 12.3. The second-order valence-electron chi connectivity index (χ2n) is 5.71. The number of nitrogens with zero attached hydrogens (tertiary/aromatic N) is 2. The average molecular weight is 406 g/mol. The van der Waals surface area contributed by atoms with Gasteiger partial charge in [-0.3, -0.25) is 10.1 Å². The molecule has 0 aliphatic rings. The number of halogens is 1. The first-order valence-corrected chi connectivity index (χ1v) is 9.12. The van der Waals surface area contributed by atoms with Crippen LogP contribution in [0, 0.1) is 13.8 Å². The molecule has 0 spiro atoms. The molecule has 0 aliphatic carbocycles. The monoisotopic (exact) mass is 405 g/mol. The lowest BCUT2D eigenvalue weighted by Crippen LogP contribution is -2.22. The third kappa shape index (κ3) is 4.35.